The number of pyridine rings is 1. The van der Waals surface area contributed by atoms with Gasteiger partial charge in [0.15, 0.2) is 5.96 Å². The highest BCUT2D eigenvalue weighted by Crippen LogP contribution is 2.38. The van der Waals surface area contributed by atoms with Crippen LogP contribution < -0.4 is 20.1 Å². The van der Waals surface area contributed by atoms with E-state index in [1.165, 1.54) is 32.1 Å². The van der Waals surface area contributed by atoms with E-state index in [9.17, 15) is 5.11 Å². The van der Waals surface area contributed by atoms with Gasteiger partial charge in [-0.2, -0.15) is 0 Å². The molecule has 1 heterocycles. The van der Waals surface area contributed by atoms with Crippen LogP contribution in [-0.2, 0) is 6.54 Å². The second kappa shape index (κ2) is 12.3. The third-order valence-corrected chi connectivity index (χ3v) is 6.03. The Bertz CT molecular complexity index is 826. The average Bonchev–Trinajstić information content (AvgIpc) is 2.83. The molecule has 0 radical (unpaired) electrons. The summed E-state index contributed by atoms with van der Waals surface area (Å²) in [7, 11) is 1.64. The molecule has 3 N–H and O–H groups in total. The number of ether oxygens (including phenoxy) is 2. The lowest BCUT2D eigenvalue weighted by atomic mass is 9.72. The summed E-state index contributed by atoms with van der Waals surface area (Å²) in [6.45, 7) is 4.47. The first-order valence-corrected chi connectivity index (χ1v) is 11.6. The number of aliphatic hydroxyl groups excluding tert-OH is 1. The van der Waals surface area contributed by atoms with Crippen LogP contribution in [0.15, 0.2) is 47.6 Å². The first-order valence-electron chi connectivity index (χ1n) is 11.6. The summed E-state index contributed by atoms with van der Waals surface area (Å²) in [6, 6.07) is 11.2. The second-order valence-electron chi connectivity index (χ2n) is 8.37. The van der Waals surface area contributed by atoms with Gasteiger partial charge in [0, 0.05) is 32.0 Å². The molecule has 1 aliphatic rings. The van der Waals surface area contributed by atoms with Crippen molar-refractivity contribution in [3.8, 4) is 17.4 Å². The highest BCUT2D eigenvalue weighted by molar-refractivity contribution is 5.79. The van der Waals surface area contributed by atoms with Crippen molar-refractivity contribution in [2.75, 3.05) is 26.8 Å². The number of nitrogens with zero attached hydrogens (tertiary/aromatic N) is 2. The van der Waals surface area contributed by atoms with E-state index in [4.69, 9.17) is 14.5 Å². The van der Waals surface area contributed by atoms with Crippen LogP contribution in [-0.4, -0.2) is 42.9 Å². The van der Waals surface area contributed by atoms with Crippen molar-refractivity contribution in [1.82, 2.24) is 15.6 Å². The van der Waals surface area contributed by atoms with Crippen LogP contribution >= 0.6 is 0 Å². The van der Waals surface area contributed by atoms with Crippen molar-refractivity contribution >= 4 is 5.96 Å². The zero-order valence-electron chi connectivity index (χ0n) is 19.3. The zero-order valence-corrected chi connectivity index (χ0v) is 19.3. The third-order valence-electron chi connectivity index (χ3n) is 6.03. The standard InChI is InChI=1S/C25H36N4O3/c1-3-26-24(29-19-25(15-16-30)13-5-4-6-14-25)28-18-20-7-12-23(27-17-20)32-22-10-8-21(31-2)9-11-22/h7-12,17,30H,3-6,13-16,18-19H2,1-2H3,(H2,26,28,29). The van der Waals surface area contributed by atoms with Crippen molar-refractivity contribution in [3.05, 3.63) is 48.2 Å². The number of aliphatic imine (C=N–C) groups is 1. The van der Waals surface area contributed by atoms with Gasteiger partial charge in [0.1, 0.15) is 11.5 Å². The minimum absolute atomic E-state index is 0.172. The normalized spacial score (nSPS) is 15.8. The molecular formula is C25H36N4O3. The molecule has 1 saturated carbocycles. The second-order valence-corrected chi connectivity index (χ2v) is 8.37. The fraction of sp³-hybridized carbons (Fsp3) is 0.520. The van der Waals surface area contributed by atoms with Crippen molar-refractivity contribution in [2.24, 2.45) is 10.4 Å². The predicted molar refractivity (Wildman–Crippen MR) is 127 cm³/mol. The third kappa shape index (κ3) is 7.12. The molecule has 0 unspecified atom stereocenters. The summed E-state index contributed by atoms with van der Waals surface area (Å²) in [5.41, 5.74) is 1.18. The van der Waals surface area contributed by atoms with Crippen LogP contribution in [0.3, 0.4) is 0 Å². The first-order chi connectivity index (χ1) is 15.7. The molecule has 1 fully saturated rings. The van der Waals surface area contributed by atoms with Crippen LogP contribution in [0.1, 0.15) is 51.0 Å². The maximum atomic E-state index is 9.55. The van der Waals surface area contributed by atoms with Gasteiger partial charge in [-0.15, -0.1) is 0 Å². The molecule has 1 aliphatic carbocycles. The molecule has 0 aliphatic heterocycles. The van der Waals surface area contributed by atoms with E-state index >= 15 is 0 Å². The number of hydrogen-bond donors (Lipinski definition) is 3. The Morgan fingerprint density at radius 3 is 2.44 bits per heavy atom. The molecular weight excluding hydrogens is 404 g/mol. The maximum Gasteiger partial charge on any atom is 0.219 e. The smallest absolute Gasteiger partial charge is 0.219 e. The average molecular weight is 441 g/mol. The lowest BCUT2D eigenvalue weighted by molar-refractivity contribution is 0.131. The summed E-state index contributed by atoms with van der Waals surface area (Å²) >= 11 is 0. The summed E-state index contributed by atoms with van der Waals surface area (Å²) in [5.74, 6) is 2.83. The fourth-order valence-corrected chi connectivity index (χ4v) is 4.17. The Hall–Kier alpha value is -2.80. The minimum atomic E-state index is 0.172. The Kier molecular flexibility index (Phi) is 9.16. The molecule has 7 heteroatoms. The van der Waals surface area contributed by atoms with Gasteiger partial charge < -0.3 is 25.2 Å². The van der Waals surface area contributed by atoms with Gasteiger partial charge in [0.2, 0.25) is 5.88 Å². The summed E-state index contributed by atoms with van der Waals surface area (Å²) < 4.78 is 11.0. The van der Waals surface area contributed by atoms with Crippen LogP contribution in [0.5, 0.6) is 17.4 Å². The van der Waals surface area contributed by atoms with E-state index in [0.29, 0.717) is 18.2 Å². The van der Waals surface area contributed by atoms with Gasteiger partial charge in [0.25, 0.3) is 0 Å². The van der Waals surface area contributed by atoms with Gasteiger partial charge in [-0.25, -0.2) is 9.98 Å². The zero-order chi connectivity index (χ0) is 22.7. The molecule has 2 aromatic rings. The molecule has 0 spiro atoms. The maximum absolute atomic E-state index is 9.55. The van der Waals surface area contributed by atoms with Crippen LogP contribution in [0, 0.1) is 5.41 Å². The number of aliphatic hydroxyl groups is 1. The van der Waals surface area contributed by atoms with Gasteiger partial charge in [0.05, 0.1) is 13.7 Å². The Labute approximate surface area is 191 Å². The van der Waals surface area contributed by atoms with Crippen LogP contribution in [0.2, 0.25) is 0 Å². The Morgan fingerprint density at radius 1 is 1.06 bits per heavy atom. The van der Waals surface area contributed by atoms with E-state index in [2.05, 4.69) is 22.5 Å². The number of guanidine groups is 1. The van der Waals surface area contributed by atoms with E-state index < -0.39 is 0 Å². The van der Waals surface area contributed by atoms with Crippen molar-refractivity contribution < 1.29 is 14.6 Å². The number of methoxy groups -OCH3 is 1. The molecule has 0 bridgehead atoms. The van der Waals surface area contributed by atoms with Gasteiger partial charge in [-0.1, -0.05) is 25.3 Å². The number of rotatable bonds is 10. The van der Waals surface area contributed by atoms with E-state index in [-0.39, 0.29) is 12.0 Å². The molecule has 3 rings (SSSR count). The Morgan fingerprint density at radius 2 is 1.81 bits per heavy atom. The van der Waals surface area contributed by atoms with E-state index in [1.807, 2.05) is 36.4 Å². The highest BCUT2D eigenvalue weighted by atomic mass is 16.5. The molecule has 1 aromatic carbocycles. The highest BCUT2D eigenvalue weighted by Gasteiger charge is 2.31. The summed E-state index contributed by atoms with van der Waals surface area (Å²) in [5, 5.41) is 16.4. The van der Waals surface area contributed by atoms with Crippen molar-refractivity contribution in [1.29, 1.82) is 0 Å². The van der Waals surface area contributed by atoms with E-state index in [0.717, 1.165) is 36.8 Å². The molecule has 0 amide bonds. The SMILES string of the molecule is CCNC(=NCc1ccc(Oc2ccc(OC)cc2)nc1)NCC1(CCO)CCCCC1. The molecule has 32 heavy (non-hydrogen) atoms. The summed E-state index contributed by atoms with van der Waals surface area (Å²) in [6.07, 6.45) is 8.75. The van der Waals surface area contributed by atoms with Gasteiger partial charge in [-0.05, 0) is 61.4 Å². The predicted octanol–water partition coefficient (Wildman–Crippen LogP) is 4.27. The van der Waals surface area contributed by atoms with Gasteiger partial charge in [-0.3, -0.25) is 0 Å². The Balaban J connectivity index is 1.56. The topological polar surface area (TPSA) is 88.0 Å². The largest absolute Gasteiger partial charge is 0.497 e. The molecule has 174 valence electrons. The lowest BCUT2D eigenvalue weighted by Crippen LogP contribution is -2.44. The van der Waals surface area contributed by atoms with E-state index in [1.54, 1.807) is 13.3 Å². The summed E-state index contributed by atoms with van der Waals surface area (Å²) in [4.78, 5) is 9.13. The number of benzene rings is 1. The monoisotopic (exact) mass is 440 g/mol. The van der Waals surface area contributed by atoms with Crippen LogP contribution in [0.25, 0.3) is 0 Å². The molecule has 0 atom stereocenters. The first kappa shape index (κ1) is 23.9. The van der Waals surface area contributed by atoms with Crippen molar-refractivity contribution in [2.45, 2.75) is 52.0 Å². The van der Waals surface area contributed by atoms with Crippen molar-refractivity contribution in [3.63, 3.8) is 0 Å². The molecule has 1 aromatic heterocycles. The van der Waals surface area contributed by atoms with Gasteiger partial charge >= 0.3 is 0 Å². The number of nitrogens with one attached hydrogen (secondary N) is 2. The minimum Gasteiger partial charge on any atom is -0.497 e. The number of aromatic nitrogens is 1. The molecule has 7 nitrogen and oxygen atoms in total. The fourth-order valence-electron chi connectivity index (χ4n) is 4.17. The lowest BCUT2D eigenvalue weighted by Gasteiger charge is -2.37. The number of hydrogen-bond acceptors (Lipinski definition) is 5. The molecule has 0 saturated heterocycles. The quantitative estimate of drug-likeness (QED) is 0.378. The van der Waals surface area contributed by atoms with Crippen LogP contribution in [0.4, 0.5) is 0 Å².